The van der Waals surface area contributed by atoms with E-state index in [2.05, 4.69) is 10.5 Å². The number of benzene rings is 3. The Balaban J connectivity index is 1.37. The minimum absolute atomic E-state index is 0.0135. The summed E-state index contributed by atoms with van der Waals surface area (Å²) in [7, 11) is -2.57. The average Bonchev–Trinajstić information content (AvgIpc) is 3.00. The molecule has 216 valence electrons. The molecule has 1 heterocycles. The lowest BCUT2D eigenvalue weighted by atomic mass is 10.1. The fraction of sp³-hybridized carbons (Fsp3) is 0.300. The number of piperidine rings is 1. The maximum Gasteiger partial charge on any atom is 0.264 e. The third-order valence-corrected chi connectivity index (χ3v) is 8.40. The van der Waals surface area contributed by atoms with E-state index in [-0.39, 0.29) is 17.4 Å². The molecule has 0 aliphatic carbocycles. The van der Waals surface area contributed by atoms with E-state index in [0.717, 1.165) is 42.2 Å². The van der Waals surface area contributed by atoms with E-state index in [4.69, 9.17) is 9.47 Å². The van der Waals surface area contributed by atoms with Gasteiger partial charge in [-0.15, -0.1) is 0 Å². The Kier molecular flexibility index (Phi) is 9.96. The van der Waals surface area contributed by atoms with Crippen LogP contribution in [0.3, 0.4) is 0 Å². The van der Waals surface area contributed by atoms with E-state index >= 15 is 0 Å². The second kappa shape index (κ2) is 13.8. The molecule has 11 heteroatoms. The van der Waals surface area contributed by atoms with E-state index in [0.29, 0.717) is 22.7 Å². The lowest BCUT2D eigenvalue weighted by Crippen LogP contribution is -2.39. The number of anilines is 1. The number of rotatable bonds is 11. The number of methoxy groups -OCH3 is 1. The predicted octanol–water partition coefficient (Wildman–Crippen LogP) is 3.74. The van der Waals surface area contributed by atoms with Crippen LogP contribution in [-0.2, 0) is 19.6 Å². The minimum Gasteiger partial charge on any atom is -0.497 e. The largest absolute Gasteiger partial charge is 0.497 e. The van der Waals surface area contributed by atoms with Crippen molar-refractivity contribution < 1.29 is 27.5 Å². The second-order valence-corrected chi connectivity index (χ2v) is 11.5. The number of carbonyl (C=O) groups is 2. The fourth-order valence-electron chi connectivity index (χ4n) is 4.28. The number of hydrazone groups is 1. The molecule has 3 aromatic rings. The van der Waals surface area contributed by atoms with Crippen LogP contribution in [0.25, 0.3) is 0 Å². The van der Waals surface area contributed by atoms with Crippen LogP contribution in [0.2, 0.25) is 0 Å². The lowest BCUT2D eigenvalue weighted by Gasteiger charge is -2.26. The fourth-order valence-corrected chi connectivity index (χ4v) is 5.70. The molecular formula is C30H34N4O6S. The predicted molar refractivity (Wildman–Crippen MR) is 157 cm³/mol. The van der Waals surface area contributed by atoms with E-state index in [9.17, 15) is 18.0 Å². The molecular weight excluding hydrogens is 544 g/mol. The summed E-state index contributed by atoms with van der Waals surface area (Å²) in [5.74, 6) is 0.430. The summed E-state index contributed by atoms with van der Waals surface area (Å²) in [5, 5.41) is 3.98. The molecule has 0 saturated carbocycles. The van der Waals surface area contributed by atoms with Gasteiger partial charge in [-0.25, -0.2) is 13.8 Å². The quantitative estimate of drug-likeness (QED) is 0.274. The van der Waals surface area contributed by atoms with E-state index in [1.54, 1.807) is 60.7 Å². The molecule has 1 saturated heterocycles. The van der Waals surface area contributed by atoms with E-state index in [1.165, 1.54) is 25.5 Å². The number of hydrogen-bond donors (Lipinski definition) is 1. The number of sulfonamides is 1. The molecule has 0 radical (unpaired) electrons. The van der Waals surface area contributed by atoms with E-state index in [1.807, 2.05) is 11.8 Å². The van der Waals surface area contributed by atoms with Crippen molar-refractivity contribution >= 4 is 33.7 Å². The average molecular weight is 579 g/mol. The van der Waals surface area contributed by atoms with Gasteiger partial charge in [-0.2, -0.15) is 5.10 Å². The Labute approximate surface area is 240 Å². The molecule has 10 nitrogen and oxygen atoms in total. The number of nitrogens with one attached hydrogen (secondary N) is 1. The van der Waals surface area contributed by atoms with Crippen LogP contribution in [0.1, 0.15) is 30.4 Å². The van der Waals surface area contributed by atoms with Crippen molar-refractivity contribution in [2.24, 2.45) is 5.10 Å². The van der Waals surface area contributed by atoms with Crippen LogP contribution < -0.4 is 19.2 Å². The zero-order chi connectivity index (χ0) is 29.2. The summed E-state index contributed by atoms with van der Waals surface area (Å²) in [4.78, 5) is 26.9. The Morgan fingerprint density at radius 2 is 1.56 bits per heavy atom. The first-order valence-electron chi connectivity index (χ1n) is 13.3. The highest BCUT2D eigenvalue weighted by Crippen LogP contribution is 2.25. The number of carbonyl (C=O) groups excluding carboxylic acids is 2. The summed E-state index contributed by atoms with van der Waals surface area (Å²) in [5.41, 5.74) is 4.38. The first-order valence-corrected chi connectivity index (χ1v) is 14.8. The number of nitrogens with zero attached hydrogens (tertiary/aromatic N) is 3. The summed E-state index contributed by atoms with van der Waals surface area (Å²) < 4.78 is 38.8. The highest BCUT2D eigenvalue weighted by molar-refractivity contribution is 7.92. The first-order chi connectivity index (χ1) is 19.8. The number of ether oxygens (including phenoxy) is 2. The number of likely N-dealkylation sites (tertiary alicyclic amines) is 1. The molecule has 2 amide bonds. The third kappa shape index (κ3) is 8.07. The van der Waals surface area contributed by atoms with Crippen molar-refractivity contribution in [3.63, 3.8) is 0 Å². The van der Waals surface area contributed by atoms with Gasteiger partial charge in [-0.1, -0.05) is 17.7 Å². The summed E-state index contributed by atoms with van der Waals surface area (Å²) in [6.45, 7) is 2.95. The van der Waals surface area contributed by atoms with Crippen molar-refractivity contribution in [1.82, 2.24) is 10.3 Å². The van der Waals surface area contributed by atoms with Crippen LogP contribution in [0.4, 0.5) is 5.69 Å². The Morgan fingerprint density at radius 1 is 0.927 bits per heavy atom. The molecule has 1 aliphatic rings. The van der Waals surface area contributed by atoms with Gasteiger partial charge in [0.1, 0.15) is 18.0 Å². The van der Waals surface area contributed by atoms with Crippen LogP contribution in [0.15, 0.2) is 82.8 Å². The van der Waals surface area contributed by atoms with Gasteiger partial charge in [0.25, 0.3) is 21.8 Å². The number of amides is 2. The van der Waals surface area contributed by atoms with Crippen LogP contribution >= 0.6 is 0 Å². The summed E-state index contributed by atoms with van der Waals surface area (Å²) >= 11 is 0. The van der Waals surface area contributed by atoms with Gasteiger partial charge in [0.05, 0.1) is 23.9 Å². The standard InChI is InChI=1S/C30H34N4O6S/c1-23-6-10-25(11-7-23)34(41(37,38)28-16-14-26(39-2)15-17-28)21-29(35)32-31-20-24-8-12-27(13-9-24)40-22-30(36)33-18-4-3-5-19-33/h6-17,20H,3-5,18-19,21-22H2,1-2H3,(H,32,35)/b31-20-. The van der Waals surface area contributed by atoms with Crippen molar-refractivity contribution in [3.05, 3.63) is 83.9 Å². The molecule has 0 unspecified atom stereocenters. The van der Waals surface area contributed by atoms with Gasteiger partial charge >= 0.3 is 0 Å². The smallest absolute Gasteiger partial charge is 0.264 e. The summed E-state index contributed by atoms with van der Waals surface area (Å²) in [6, 6.07) is 19.7. The van der Waals surface area contributed by atoms with Gasteiger partial charge in [0.15, 0.2) is 6.61 Å². The number of hydrogen-bond acceptors (Lipinski definition) is 7. The van der Waals surface area contributed by atoms with Crippen molar-refractivity contribution in [2.75, 3.05) is 37.7 Å². The van der Waals surface area contributed by atoms with Crippen LogP contribution in [0.5, 0.6) is 11.5 Å². The normalized spacial score (nSPS) is 13.6. The molecule has 0 atom stereocenters. The molecule has 4 rings (SSSR count). The van der Waals surface area contributed by atoms with Crippen molar-refractivity contribution in [3.8, 4) is 11.5 Å². The Hall–Kier alpha value is -4.38. The third-order valence-electron chi connectivity index (χ3n) is 6.61. The molecule has 41 heavy (non-hydrogen) atoms. The monoisotopic (exact) mass is 578 g/mol. The maximum absolute atomic E-state index is 13.5. The SMILES string of the molecule is COc1ccc(S(=O)(=O)N(CC(=O)N/N=C\c2ccc(OCC(=O)N3CCCCC3)cc2)c2ccc(C)cc2)cc1. The van der Waals surface area contributed by atoms with E-state index < -0.39 is 22.5 Å². The first kappa shape index (κ1) is 29.6. The second-order valence-electron chi connectivity index (χ2n) is 9.62. The van der Waals surface area contributed by atoms with Crippen molar-refractivity contribution in [1.29, 1.82) is 0 Å². The van der Waals surface area contributed by atoms with Crippen molar-refractivity contribution in [2.45, 2.75) is 31.1 Å². The van der Waals surface area contributed by atoms with Gasteiger partial charge in [-0.3, -0.25) is 13.9 Å². The topological polar surface area (TPSA) is 118 Å². The van der Waals surface area contributed by atoms with Gasteiger partial charge in [0.2, 0.25) is 0 Å². The van der Waals surface area contributed by atoms with Crippen LogP contribution in [-0.4, -0.2) is 64.7 Å². The summed E-state index contributed by atoms with van der Waals surface area (Å²) in [6.07, 6.45) is 4.65. The molecule has 1 aliphatic heterocycles. The number of aryl methyl sites for hydroxylation is 1. The van der Waals surface area contributed by atoms with Gasteiger partial charge in [-0.05, 0) is 92.4 Å². The Bertz CT molecular complexity index is 1450. The van der Waals surface area contributed by atoms with Gasteiger partial charge in [0, 0.05) is 13.1 Å². The molecule has 1 fully saturated rings. The highest BCUT2D eigenvalue weighted by Gasteiger charge is 2.27. The molecule has 3 aromatic carbocycles. The zero-order valence-electron chi connectivity index (χ0n) is 23.2. The van der Waals surface area contributed by atoms with Gasteiger partial charge < -0.3 is 14.4 Å². The van der Waals surface area contributed by atoms with Crippen LogP contribution in [0, 0.1) is 6.92 Å². The highest BCUT2D eigenvalue weighted by atomic mass is 32.2. The molecule has 0 aromatic heterocycles. The minimum atomic E-state index is -4.06. The molecule has 0 spiro atoms. The maximum atomic E-state index is 13.5. The lowest BCUT2D eigenvalue weighted by molar-refractivity contribution is -0.134. The molecule has 1 N–H and O–H groups in total. The Morgan fingerprint density at radius 3 is 2.20 bits per heavy atom. The zero-order valence-corrected chi connectivity index (χ0v) is 24.0. The molecule has 0 bridgehead atoms.